The number of carbonyl (C=O) groups excluding carboxylic acids is 1. The van der Waals surface area contributed by atoms with Crippen molar-refractivity contribution in [2.75, 3.05) is 5.75 Å². The predicted molar refractivity (Wildman–Crippen MR) is 62.5 cm³/mol. The van der Waals surface area contributed by atoms with Crippen LogP contribution in [0.25, 0.3) is 0 Å². The summed E-state index contributed by atoms with van der Waals surface area (Å²) >= 11 is 1.60. The predicted octanol–water partition coefficient (Wildman–Crippen LogP) is 2.02. The molecule has 0 saturated carbocycles. The minimum absolute atomic E-state index is 0.235. The molecule has 0 aliphatic heterocycles. The molecule has 0 unspecified atom stereocenters. The number of hydrogen-bond acceptors (Lipinski definition) is 4. The highest BCUT2D eigenvalue weighted by atomic mass is 32.2. The van der Waals surface area contributed by atoms with Gasteiger partial charge in [-0.25, -0.2) is 4.39 Å². The average molecular weight is 251 g/mol. The van der Waals surface area contributed by atoms with Gasteiger partial charge in [0.05, 0.1) is 12.7 Å². The number of nitrogens with zero attached hydrogens (tertiary/aromatic N) is 3. The van der Waals surface area contributed by atoms with Gasteiger partial charge in [-0.1, -0.05) is 5.21 Å². The van der Waals surface area contributed by atoms with Crippen LogP contribution in [-0.4, -0.2) is 27.0 Å². The first-order valence-corrected chi connectivity index (χ1v) is 6.00. The van der Waals surface area contributed by atoms with E-state index < -0.39 is 0 Å². The zero-order valence-corrected chi connectivity index (χ0v) is 9.73. The molecule has 0 amide bonds. The minimum atomic E-state index is -0.235. The third-order valence-electron chi connectivity index (χ3n) is 2.08. The fraction of sp³-hybridized carbons (Fsp3) is 0.182. The van der Waals surface area contributed by atoms with Gasteiger partial charge in [-0.05, 0) is 24.3 Å². The molecule has 0 aliphatic rings. The maximum atomic E-state index is 12.7. The number of aldehydes is 1. The molecule has 0 bridgehead atoms. The van der Waals surface area contributed by atoms with Crippen molar-refractivity contribution in [2.45, 2.75) is 11.4 Å². The van der Waals surface area contributed by atoms with E-state index in [0.29, 0.717) is 18.5 Å². The third kappa shape index (κ3) is 3.39. The monoisotopic (exact) mass is 251 g/mol. The summed E-state index contributed by atoms with van der Waals surface area (Å²) in [6, 6.07) is 6.33. The van der Waals surface area contributed by atoms with Crippen LogP contribution in [0, 0.1) is 5.82 Å². The van der Waals surface area contributed by atoms with Crippen LogP contribution in [0.2, 0.25) is 0 Å². The lowest BCUT2D eigenvalue weighted by atomic mass is 10.4. The van der Waals surface area contributed by atoms with Crippen LogP contribution in [0.15, 0.2) is 35.4 Å². The molecule has 1 aromatic heterocycles. The number of aryl methyl sites for hydroxylation is 1. The number of halogens is 1. The van der Waals surface area contributed by atoms with Crippen molar-refractivity contribution in [1.82, 2.24) is 15.0 Å². The molecule has 2 rings (SSSR count). The molecule has 1 aromatic carbocycles. The Morgan fingerprint density at radius 3 is 2.76 bits per heavy atom. The number of carbonyl (C=O) groups is 1. The minimum Gasteiger partial charge on any atom is -0.296 e. The molecular formula is C11H10FN3OS. The Morgan fingerprint density at radius 2 is 2.12 bits per heavy atom. The second-order valence-electron chi connectivity index (χ2n) is 3.33. The first-order valence-electron chi connectivity index (χ1n) is 5.01. The molecule has 6 heteroatoms. The van der Waals surface area contributed by atoms with E-state index in [9.17, 15) is 9.18 Å². The molecule has 0 atom stereocenters. The Kier molecular flexibility index (Phi) is 3.87. The molecule has 1 heterocycles. The molecule has 0 spiro atoms. The first kappa shape index (κ1) is 11.8. The molecule has 0 N–H and O–H groups in total. The fourth-order valence-electron chi connectivity index (χ4n) is 1.26. The summed E-state index contributed by atoms with van der Waals surface area (Å²) in [5, 5.41) is 7.45. The van der Waals surface area contributed by atoms with Gasteiger partial charge >= 0.3 is 0 Å². The van der Waals surface area contributed by atoms with Gasteiger partial charge in [-0.2, -0.15) is 0 Å². The van der Waals surface area contributed by atoms with Gasteiger partial charge in [0.15, 0.2) is 6.29 Å². The summed E-state index contributed by atoms with van der Waals surface area (Å²) in [4.78, 5) is 11.4. The molecule has 0 fully saturated rings. The Labute approximate surface area is 102 Å². The zero-order valence-electron chi connectivity index (χ0n) is 8.91. The van der Waals surface area contributed by atoms with Gasteiger partial charge in [0.1, 0.15) is 11.5 Å². The summed E-state index contributed by atoms with van der Waals surface area (Å²) in [6.45, 7) is 0.656. The Balaban J connectivity index is 1.83. The Morgan fingerprint density at radius 1 is 1.35 bits per heavy atom. The van der Waals surface area contributed by atoms with Gasteiger partial charge in [-0.15, -0.1) is 16.9 Å². The normalized spacial score (nSPS) is 10.4. The molecule has 88 valence electrons. The van der Waals surface area contributed by atoms with E-state index in [0.717, 1.165) is 10.6 Å². The second-order valence-corrected chi connectivity index (χ2v) is 4.50. The van der Waals surface area contributed by atoms with Gasteiger partial charge < -0.3 is 0 Å². The van der Waals surface area contributed by atoms with Crippen molar-refractivity contribution in [3.05, 3.63) is 42.0 Å². The van der Waals surface area contributed by atoms with Crippen LogP contribution >= 0.6 is 11.8 Å². The quantitative estimate of drug-likeness (QED) is 0.602. The Bertz CT molecular complexity index is 498. The van der Waals surface area contributed by atoms with Crippen LogP contribution in [0.5, 0.6) is 0 Å². The highest BCUT2D eigenvalue weighted by Crippen LogP contribution is 2.17. The Hall–Kier alpha value is -1.69. The topological polar surface area (TPSA) is 47.8 Å². The maximum Gasteiger partial charge on any atom is 0.171 e. The molecule has 0 radical (unpaired) electrons. The summed E-state index contributed by atoms with van der Waals surface area (Å²) in [5.74, 6) is 0.550. The van der Waals surface area contributed by atoms with Crippen molar-refractivity contribution >= 4 is 18.0 Å². The zero-order chi connectivity index (χ0) is 12.1. The van der Waals surface area contributed by atoms with E-state index in [-0.39, 0.29) is 5.82 Å². The van der Waals surface area contributed by atoms with Crippen molar-refractivity contribution in [3.63, 3.8) is 0 Å². The first-order chi connectivity index (χ1) is 8.28. The van der Waals surface area contributed by atoms with Crippen molar-refractivity contribution < 1.29 is 9.18 Å². The molecule has 0 aliphatic carbocycles. The summed E-state index contributed by atoms with van der Waals surface area (Å²) in [5.41, 5.74) is 0.330. The van der Waals surface area contributed by atoms with E-state index in [1.807, 2.05) is 0 Å². The number of aromatic nitrogens is 3. The molecule has 17 heavy (non-hydrogen) atoms. The summed E-state index contributed by atoms with van der Waals surface area (Å²) in [6.07, 6.45) is 2.26. The van der Waals surface area contributed by atoms with E-state index >= 15 is 0 Å². The standard InChI is InChI=1S/C11H10FN3OS/c12-9-1-3-11(4-2-9)17-6-5-15-7-10(8-16)13-14-15/h1-4,7-8H,5-6H2. The largest absolute Gasteiger partial charge is 0.296 e. The van der Waals surface area contributed by atoms with Gasteiger partial charge in [0.25, 0.3) is 0 Å². The van der Waals surface area contributed by atoms with Gasteiger partial charge in [-0.3, -0.25) is 9.48 Å². The lowest BCUT2D eigenvalue weighted by Crippen LogP contribution is -2.00. The molecular weight excluding hydrogens is 241 g/mol. The summed E-state index contributed by atoms with van der Waals surface area (Å²) in [7, 11) is 0. The van der Waals surface area contributed by atoms with Crippen molar-refractivity contribution in [1.29, 1.82) is 0 Å². The smallest absolute Gasteiger partial charge is 0.171 e. The molecule has 0 saturated heterocycles. The maximum absolute atomic E-state index is 12.7. The van der Waals surface area contributed by atoms with Crippen LogP contribution in [-0.2, 0) is 6.54 Å². The van der Waals surface area contributed by atoms with Gasteiger partial charge in [0, 0.05) is 10.6 Å². The number of rotatable bonds is 5. The highest BCUT2D eigenvalue weighted by Gasteiger charge is 1.99. The van der Waals surface area contributed by atoms with Crippen molar-refractivity contribution in [3.8, 4) is 0 Å². The molecule has 4 nitrogen and oxygen atoms in total. The van der Waals surface area contributed by atoms with Crippen LogP contribution < -0.4 is 0 Å². The van der Waals surface area contributed by atoms with E-state index in [1.54, 1.807) is 34.8 Å². The number of benzene rings is 1. The summed E-state index contributed by atoms with van der Waals surface area (Å²) < 4.78 is 14.3. The van der Waals surface area contributed by atoms with Crippen LogP contribution in [0.3, 0.4) is 0 Å². The van der Waals surface area contributed by atoms with Crippen molar-refractivity contribution in [2.24, 2.45) is 0 Å². The highest BCUT2D eigenvalue weighted by molar-refractivity contribution is 7.99. The molecule has 2 aromatic rings. The average Bonchev–Trinajstić information content (AvgIpc) is 2.80. The lowest BCUT2D eigenvalue weighted by molar-refractivity contribution is 0.111. The van der Waals surface area contributed by atoms with E-state index in [2.05, 4.69) is 10.3 Å². The van der Waals surface area contributed by atoms with Gasteiger partial charge in [0.2, 0.25) is 0 Å². The van der Waals surface area contributed by atoms with Crippen LogP contribution in [0.4, 0.5) is 4.39 Å². The number of hydrogen-bond donors (Lipinski definition) is 0. The lowest BCUT2D eigenvalue weighted by Gasteiger charge is -2.01. The van der Waals surface area contributed by atoms with E-state index in [4.69, 9.17) is 0 Å². The SMILES string of the molecule is O=Cc1cn(CCSc2ccc(F)cc2)nn1. The second kappa shape index (κ2) is 5.58. The number of thioether (sulfide) groups is 1. The van der Waals surface area contributed by atoms with E-state index in [1.165, 1.54) is 12.1 Å². The van der Waals surface area contributed by atoms with Crippen LogP contribution in [0.1, 0.15) is 10.5 Å². The fourth-order valence-corrected chi connectivity index (χ4v) is 2.11. The third-order valence-corrected chi connectivity index (χ3v) is 3.07.